The minimum atomic E-state index is -1.33. The zero-order valence-electron chi connectivity index (χ0n) is 13.8. The minimum Gasteiger partial charge on any atom is -0.449 e. The Morgan fingerprint density at radius 2 is 1.80 bits per heavy atom. The molecule has 25 heavy (non-hydrogen) atoms. The van der Waals surface area contributed by atoms with Gasteiger partial charge in [0, 0.05) is 17.8 Å². The number of nitrogens with one attached hydrogen (secondary N) is 1. The maximum Gasteiger partial charge on any atom is 0.340 e. The fraction of sp³-hybridized carbons (Fsp3) is 0.222. The molecule has 0 aliphatic heterocycles. The first-order valence-corrected chi connectivity index (χ1v) is 9.48. The van der Waals surface area contributed by atoms with Crippen LogP contribution >= 0.6 is 11.6 Å². The molecule has 0 aliphatic carbocycles. The molecule has 1 N–H and O–H groups in total. The fourth-order valence-electron chi connectivity index (χ4n) is 2.13. The number of benzene rings is 2. The zero-order chi connectivity index (χ0) is 18.4. The van der Waals surface area contributed by atoms with E-state index in [0.29, 0.717) is 9.92 Å². The van der Waals surface area contributed by atoms with Crippen LogP contribution in [0.4, 0.5) is 0 Å². The van der Waals surface area contributed by atoms with Gasteiger partial charge in [0.15, 0.2) is 6.10 Å². The molecule has 0 saturated carbocycles. The standard InChI is InChI=1S/C18H18ClNO4S/c1-12(17(21)20-11-13-7-3-5-9-15(13)19)24-18(22)14-8-4-6-10-16(14)25(2)23/h3-10,12H,11H2,1-2H3,(H,20,21)/t12-,25-/m0/s1. The van der Waals surface area contributed by atoms with Gasteiger partial charge in [-0.3, -0.25) is 9.00 Å². The molecule has 0 fully saturated rings. The monoisotopic (exact) mass is 379 g/mol. The molecule has 132 valence electrons. The molecule has 0 aliphatic rings. The number of hydrogen-bond donors (Lipinski definition) is 1. The summed E-state index contributed by atoms with van der Waals surface area (Å²) < 4.78 is 16.9. The van der Waals surface area contributed by atoms with E-state index >= 15 is 0 Å². The Labute approximate surface area is 153 Å². The Balaban J connectivity index is 1.98. The first kappa shape index (κ1) is 19.1. The first-order valence-electron chi connectivity index (χ1n) is 7.54. The third-order valence-electron chi connectivity index (χ3n) is 3.48. The molecule has 0 aromatic heterocycles. The van der Waals surface area contributed by atoms with E-state index in [4.69, 9.17) is 16.3 Å². The van der Waals surface area contributed by atoms with Crippen LogP contribution in [0.25, 0.3) is 0 Å². The number of esters is 1. The first-order chi connectivity index (χ1) is 11.9. The molecule has 2 aromatic carbocycles. The van der Waals surface area contributed by atoms with E-state index in [1.807, 2.05) is 6.07 Å². The summed E-state index contributed by atoms with van der Waals surface area (Å²) in [5.41, 5.74) is 0.955. The van der Waals surface area contributed by atoms with Crippen LogP contribution < -0.4 is 5.32 Å². The number of carbonyl (C=O) groups is 2. The second-order valence-corrected chi connectivity index (χ2v) is 7.06. The van der Waals surface area contributed by atoms with Crippen molar-refractivity contribution < 1.29 is 18.5 Å². The summed E-state index contributed by atoms with van der Waals surface area (Å²) >= 11 is 6.03. The summed E-state index contributed by atoms with van der Waals surface area (Å²) in [6.07, 6.45) is 0.486. The Hall–Kier alpha value is -2.18. The van der Waals surface area contributed by atoms with Crippen LogP contribution in [-0.4, -0.2) is 28.4 Å². The molecular weight excluding hydrogens is 362 g/mol. The third kappa shape index (κ3) is 5.14. The van der Waals surface area contributed by atoms with Crippen molar-refractivity contribution in [1.29, 1.82) is 0 Å². The van der Waals surface area contributed by atoms with Crippen molar-refractivity contribution in [1.82, 2.24) is 5.32 Å². The minimum absolute atomic E-state index is 0.189. The average molecular weight is 380 g/mol. The fourth-order valence-corrected chi connectivity index (χ4v) is 3.07. The van der Waals surface area contributed by atoms with Gasteiger partial charge < -0.3 is 10.1 Å². The van der Waals surface area contributed by atoms with Gasteiger partial charge in [-0.15, -0.1) is 0 Å². The molecule has 7 heteroatoms. The van der Waals surface area contributed by atoms with Crippen molar-refractivity contribution in [3.05, 3.63) is 64.7 Å². The van der Waals surface area contributed by atoms with Crippen LogP contribution in [0.1, 0.15) is 22.8 Å². The van der Waals surface area contributed by atoms with Crippen LogP contribution in [0.15, 0.2) is 53.4 Å². The largest absolute Gasteiger partial charge is 0.449 e. The van der Waals surface area contributed by atoms with E-state index in [9.17, 15) is 13.8 Å². The topological polar surface area (TPSA) is 72.5 Å². The summed E-state index contributed by atoms with van der Waals surface area (Å²) in [4.78, 5) is 24.7. The summed E-state index contributed by atoms with van der Waals surface area (Å²) in [7, 11) is -1.33. The molecule has 0 saturated heterocycles. The summed E-state index contributed by atoms with van der Waals surface area (Å²) in [5.74, 6) is -1.13. The van der Waals surface area contributed by atoms with Crippen molar-refractivity contribution in [3.8, 4) is 0 Å². The van der Waals surface area contributed by atoms with Gasteiger partial charge in [-0.05, 0) is 30.7 Å². The highest BCUT2D eigenvalue weighted by atomic mass is 35.5. The Kier molecular flexibility index (Phi) is 6.73. The molecule has 0 heterocycles. The number of amides is 1. The highest BCUT2D eigenvalue weighted by molar-refractivity contribution is 7.84. The average Bonchev–Trinajstić information content (AvgIpc) is 2.60. The van der Waals surface area contributed by atoms with Crippen LogP contribution in [-0.2, 0) is 26.9 Å². The number of ether oxygens (including phenoxy) is 1. The van der Waals surface area contributed by atoms with Gasteiger partial charge in [0.05, 0.1) is 21.3 Å². The lowest BCUT2D eigenvalue weighted by Gasteiger charge is -2.15. The van der Waals surface area contributed by atoms with Crippen molar-refractivity contribution in [3.63, 3.8) is 0 Å². The Morgan fingerprint density at radius 1 is 1.16 bits per heavy atom. The molecule has 2 aromatic rings. The maximum absolute atomic E-state index is 12.3. The molecule has 0 unspecified atom stereocenters. The van der Waals surface area contributed by atoms with E-state index in [2.05, 4.69) is 5.32 Å². The normalized spacial score (nSPS) is 12.9. The van der Waals surface area contributed by atoms with E-state index in [1.165, 1.54) is 19.2 Å². The van der Waals surface area contributed by atoms with Crippen LogP contribution in [0.5, 0.6) is 0 Å². The quantitative estimate of drug-likeness (QED) is 0.783. The molecular formula is C18H18ClNO4S. The Morgan fingerprint density at radius 3 is 2.48 bits per heavy atom. The maximum atomic E-state index is 12.3. The van der Waals surface area contributed by atoms with Crippen molar-refractivity contribution in [2.75, 3.05) is 6.26 Å². The van der Waals surface area contributed by atoms with E-state index < -0.39 is 28.8 Å². The van der Waals surface area contributed by atoms with Crippen LogP contribution in [0.3, 0.4) is 0 Å². The third-order valence-corrected chi connectivity index (χ3v) is 4.82. The van der Waals surface area contributed by atoms with Gasteiger partial charge in [-0.1, -0.05) is 41.9 Å². The van der Waals surface area contributed by atoms with Gasteiger partial charge in [-0.2, -0.15) is 0 Å². The van der Waals surface area contributed by atoms with Crippen LogP contribution in [0, 0.1) is 0 Å². The van der Waals surface area contributed by atoms with Crippen LogP contribution in [0.2, 0.25) is 5.02 Å². The predicted octanol–water partition coefficient (Wildman–Crippen LogP) is 2.94. The van der Waals surface area contributed by atoms with E-state index in [-0.39, 0.29) is 12.1 Å². The molecule has 0 spiro atoms. The van der Waals surface area contributed by atoms with Gasteiger partial charge in [0.25, 0.3) is 5.91 Å². The van der Waals surface area contributed by atoms with E-state index in [0.717, 1.165) is 5.56 Å². The second kappa shape index (κ2) is 8.78. The zero-order valence-corrected chi connectivity index (χ0v) is 15.4. The van der Waals surface area contributed by atoms with Gasteiger partial charge >= 0.3 is 5.97 Å². The lowest BCUT2D eigenvalue weighted by molar-refractivity contribution is -0.129. The highest BCUT2D eigenvalue weighted by Gasteiger charge is 2.21. The highest BCUT2D eigenvalue weighted by Crippen LogP contribution is 2.16. The van der Waals surface area contributed by atoms with Gasteiger partial charge in [0.2, 0.25) is 0 Å². The lowest BCUT2D eigenvalue weighted by atomic mass is 10.2. The Bertz CT molecular complexity index is 809. The predicted molar refractivity (Wildman–Crippen MR) is 97.0 cm³/mol. The summed E-state index contributed by atoms with van der Waals surface area (Å²) in [6, 6.07) is 13.6. The number of rotatable bonds is 6. The van der Waals surface area contributed by atoms with Crippen molar-refractivity contribution >= 4 is 34.3 Å². The number of halogens is 1. The van der Waals surface area contributed by atoms with Gasteiger partial charge in [0.1, 0.15) is 0 Å². The molecule has 0 radical (unpaired) electrons. The molecule has 0 bridgehead atoms. The molecule has 2 rings (SSSR count). The number of carbonyl (C=O) groups excluding carboxylic acids is 2. The SMILES string of the molecule is C[C@H](OC(=O)c1ccccc1[S@](C)=O)C(=O)NCc1ccccc1Cl. The van der Waals surface area contributed by atoms with Gasteiger partial charge in [-0.25, -0.2) is 4.79 Å². The molecule has 5 nitrogen and oxygen atoms in total. The molecule has 2 atom stereocenters. The molecule has 1 amide bonds. The summed E-state index contributed by atoms with van der Waals surface area (Å²) in [5, 5.41) is 3.22. The number of hydrogen-bond acceptors (Lipinski definition) is 4. The van der Waals surface area contributed by atoms with Crippen molar-refractivity contribution in [2.24, 2.45) is 0 Å². The lowest BCUT2D eigenvalue weighted by Crippen LogP contribution is -2.35. The second-order valence-electron chi connectivity index (χ2n) is 5.31. The smallest absolute Gasteiger partial charge is 0.340 e. The van der Waals surface area contributed by atoms with Crippen molar-refractivity contribution in [2.45, 2.75) is 24.5 Å². The van der Waals surface area contributed by atoms with E-state index in [1.54, 1.807) is 36.4 Å². The summed E-state index contributed by atoms with van der Waals surface area (Å²) in [6.45, 7) is 1.71.